The number of nitrogens with zero attached hydrogens (tertiary/aromatic N) is 3. The monoisotopic (exact) mass is 238 g/mol. The Labute approximate surface area is 100 Å². The fraction of sp³-hybridized carbons (Fsp3) is 0.818. The van der Waals surface area contributed by atoms with E-state index in [-0.39, 0.29) is 0 Å². The molecule has 88 valence electrons. The Morgan fingerprint density at radius 3 is 3.06 bits per heavy atom. The van der Waals surface area contributed by atoms with Gasteiger partial charge < -0.3 is 10.2 Å². The van der Waals surface area contributed by atoms with Gasteiger partial charge in [-0.15, -0.1) is 0 Å². The average Bonchev–Trinajstić information content (AvgIpc) is 3.03. The zero-order valence-electron chi connectivity index (χ0n) is 9.43. The van der Waals surface area contributed by atoms with Crippen molar-refractivity contribution in [2.75, 3.05) is 18.0 Å². The largest absolute Gasteiger partial charge is 0.342 e. The molecule has 1 aromatic rings. The molecule has 0 saturated carbocycles. The van der Waals surface area contributed by atoms with E-state index < -0.39 is 0 Å². The highest BCUT2D eigenvalue weighted by Crippen LogP contribution is 2.29. The number of nitrogens with one attached hydrogen (secondary N) is 1. The molecular formula is C11H18N4S. The first kappa shape index (κ1) is 10.5. The van der Waals surface area contributed by atoms with Gasteiger partial charge in [0, 0.05) is 30.2 Å². The third kappa shape index (κ3) is 1.94. The SMILES string of the molecule is c1nsc(N2CCCCC2C2CCCN2)n1. The molecule has 1 aromatic heterocycles. The summed E-state index contributed by atoms with van der Waals surface area (Å²) in [6.07, 6.45) is 8.27. The first-order valence-electron chi connectivity index (χ1n) is 6.22. The molecule has 2 saturated heterocycles. The lowest BCUT2D eigenvalue weighted by atomic mass is 9.95. The van der Waals surface area contributed by atoms with Crippen molar-refractivity contribution in [3.8, 4) is 0 Å². The van der Waals surface area contributed by atoms with E-state index in [0.29, 0.717) is 12.1 Å². The summed E-state index contributed by atoms with van der Waals surface area (Å²) < 4.78 is 4.13. The highest BCUT2D eigenvalue weighted by atomic mass is 32.1. The molecule has 0 aliphatic carbocycles. The van der Waals surface area contributed by atoms with E-state index >= 15 is 0 Å². The zero-order chi connectivity index (χ0) is 10.8. The molecule has 0 radical (unpaired) electrons. The molecule has 2 atom stereocenters. The fourth-order valence-corrected chi connectivity index (χ4v) is 3.56. The van der Waals surface area contributed by atoms with Gasteiger partial charge in [0.25, 0.3) is 0 Å². The predicted molar refractivity (Wildman–Crippen MR) is 65.9 cm³/mol. The van der Waals surface area contributed by atoms with Crippen LogP contribution in [0, 0.1) is 0 Å². The Hall–Kier alpha value is -0.680. The van der Waals surface area contributed by atoms with Gasteiger partial charge in [-0.25, -0.2) is 4.98 Å². The van der Waals surface area contributed by atoms with Crippen LogP contribution in [0.15, 0.2) is 6.33 Å². The molecule has 2 aliphatic rings. The first-order valence-corrected chi connectivity index (χ1v) is 6.99. The number of aromatic nitrogens is 2. The first-order chi connectivity index (χ1) is 7.95. The second-order valence-electron chi connectivity index (χ2n) is 4.68. The topological polar surface area (TPSA) is 41.1 Å². The smallest absolute Gasteiger partial charge is 0.205 e. The number of rotatable bonds is 2. The van der Waals surface area contributed by atoms with Crippen molar-refractivity contribution in [2.45, 2.75) is 44.2 Å². The minimum atomic E-state index is 0.643. The van der Waals surface area contributed by atoms with Crippen LogP contribution in [0.1, 0.15) is 32.1 Å². The van der Waals surface area contributed by atoms with E-state index in [0.717, 1.165) is 11.7 Å². The molecule has 0 spiro atoms. The Morgan fingerprint density at radius 2 is 2.31 bits per heavy atom. The van der Waals surface area contributed by atoms with Gasteiger partial charge in [0.05, 0.1) is 0 Å². The molecule has 4 nitrogen and oxygen atoms in total. The summed E-state index contributed by atoms with van der Waals surface area (Å²) in [6, 6.07) is 1.31. The van der Waals surface area contributed by atoms with Crippen molar-refractivity contribution in [2.24, 2.45) is 0 Å². The Balaban J connectivity index is 1.78. The molecule has 1 N–H and O–H groups in total. The molecule has 2 unspecified atom stereocenters. The van der Waals surface area contributed by atoms with Crippen LogP contribution in [0.25, 0.3) is 0 Å². The van der Waals surface area contributed by atoms with Crippen molar-refractivity contribution in [1.29, 1.82) is 0 Å². The van der Waals surface area contributed by atoms with Crippen molar-refractivity contribution in [3.05, 3.63) is 6.33 Å². The van der Waals surface area contributed by atoms with E-state index in [4.69, 9.17) is 0 Å². The van der Waals surface area contributed by atoms with Gasteiger partial charge in [0.1, 0.15) is 6.33 Å². The third-order valence-corrected chi connectivity index (χ3v) is 4.41. The van der Waals surface area contributed by atoms with Gasteiger partial charge in [-0.1, -0.05) is 0 Å². The predicted octanol–water partition coefficient (Wildman–Crippen LogP) is 1.65. The molecule has 3 heterocycles. The summed E-state index contributed by atoms with van der Waals surface area (Å²) in [4.78, 5) is 6.84. The highest BCUT2D eigenvalue weighted by molar-refractivity contribution is 7.09. The maximum atomic E-state index is 4.37. The van der Waals surface area contributed by atoms with Gasteiger partial charge in [-0.3, -0.25) is 0 Å². The summed E-state index contributed by atoms with van der Waals surface area (Å²) >= 11 is 1.53. The van der Waals surface area contributed by atoms with E-state index in [2.05, 4.69) is 19.6 Å². The van der Waals surface area contributed by atoms with Crippen molar-refractivity contribution in [1.82, 2.24) is 14.7 Å². The van der Waals surface area contributed by atoms with Crippen molar-refractivity contribution >= 4 is 16.7 Å². The zero-order valence-corrected chi connectivity index (χ0v) is 10.2. The normalized spacial score (nSPS) is 30.9. The minimum Gasteiger partial charge on any atom is -0.342 e. The standard InChI is InChI=1S/C11H18N4S/c1-2-7-15(11-13-8-14-16-11)10(5-1)9-4-3-6-12-9/h8-10,12H,1-7H2. The van der Waals surface area contributed by atoms with E-state index in [1.807, 2.05) is 0 Å². The Kier molecular flexibility index (Phi) is 3.06. The van der Waals surface area contributed by atoms with Gasteiger partial charge >= 0.3 is 0 Å². The summed E-state index contributed by atoms with van der Waals surface area (Å²) in [7, 11) is 0. The van der Waals surface area contributed by atoms with Crippen LogP contribution in [0.3, 0.4) is 0 Å². The molecule has 2 fully saturated rings. The number of anilines is 1. The summed E-state index contributed by atoms with van der Waals surface area (Å²) in [5, 5.41) is 4.74. The lowest BCUT2D eigenvalue weighted by Crippen LogP contribution is -2.50. The highest BCUT2D eigenvalue weighted by Gasteiger charge is 2.32. The van der Waals surface area contributed by atoms with Gasteiger partial charge in [-0.05, 0) is 38.6 Å². The minimum absolute atomic E-state index is 0.643. The summed E-state index contributed by atoms with van der Waals surface area (Å²) in [5.41, 5.74) is 0. The van der Waals surface area contributed by atoms with Crippen LogP contribution in [-0.4, -0.2) is 34.5 Å². The Bertz CT molecular complexity index is 321. The van der Waals surface area contributed by atoms with Crippen molar-refractivity contribution < 1.29 is 0 Å². The van der Waals surface area contributed by atoms with Crippen LogP contribution >= 0.6 is 11.5 Å². The number of hydrogen-bond acceptors (Lipinski definition) is 5. The Morgan fingerprint density at radius 1 is 1.31 bits per heavy atom. The van der Waals surface area contributed by atoms with E-state index in [1.54, 1.807) is 6.33 Å². The molecule has 0 aromatic carbocycles. The van der Waals surface area contributed by atoms with Crippen molar-refractivity contribution in [3.63, 3.8) is 0 Å². The molecule has 16 heavy (non-hydrogen) atoms. The second kappa shape index (κ2) is 4.67. The van der Waals surface area contributed by atoms with Gasteiger partial charge in [0.2, 0.25) is 5.13 Å². The van der Waals surface area contributed by atoms with Crippen LogP contribution in [0.2, 0.25) is 0 Å². The third-order valence-electron chi connectivity index (χ3n) is 3.71. The quantitative estimate of drug-likeness (QED) is 0.850. The molecule has 5 heteroatoms. The average molecular weight is 238 g/mol. The molecule has 0 bridgehead atoms. The molecule has 0 amide bonds. The summed E-state index contributed by atoms with van der Waals surface area (Å²) in [6.45, 7) is 2.34. The van der Waals surface area contributed by atoms with Crippen LogP contribution < -0.4 is 10.2 Å². The van der Waals surface area contributed by atoms with Crippen LogP contribution in [-0.2, 0) is 0 Å². The molecular weight excluding hydrogens is 220 g/mol. The van der Waals surface area contributed by atoms with E-state index in [1.165, 1.54) is 50.2 Å². The number of hydrogen-bond donors (Lipinski definition) is 1. The van der Waals surface area contributed by atoms with E-state index in [9.17, 15) is 0 Å². The maximum Gasteiger partial charge on any atom is 0.205 e. The summed E-state index contributed by atoms with van der Waals surface area (Å²) in [5.74, 6) is 0. The fourth-order valence-electron chi connectivity index (χ4n) is 2.95. The van der Waals surface area contributed by atoms with Crippen LogP contribution in [0.5, 0.6) is 0 Å². The molecule has 3 rings (SSSR count). The number of piperidine rings is 1. The second-order valence-corrected chi connectivity index (χ2v) is 5.44. The van der Waals surface area contributed by atoms with Crippen LogP contribution in [0.4, 0.5) is 5.13 Å². The lowest BCUT2D eigenvalue weighted by Gasteiger charge is -2.38. The van der Waals surface area contributed by atoms with Gasteiger partial charge in [0.15, 0.2) is 0 Å². The lowest BCUT2D eigenvalue weighted by molar-refractivity contribution is 0.378. The maximum absolute atomic E-state index is 4.37. The van der Waals surface area contributed by atoms with Gasteiger partial charge in [-0.2, -0.15) is 4.37 Å². The molecule has 2 aliphatic heterocycles.